The second kappa shape index (κ2) is 12.5. The summed E-state index contributed by atoms with van der Waals surface area (Å²) in [5.41, 5.74) is 2.64. The number of carbonyl (C=O) groups excluding carboxylic acids is 2. The van der Waals surface area contributed by atoms with Crippen LogP contribution in [0.1, 0.15) is 44.4 Å². The van der Waals surface area contributed by atoms with Crippen molar-refractivity contribution in [1.29, 1.82) is 0 Å². The predicted octanol–water partition coefficient (Wildman–Crippen LogP) is 4.87. The van der Waals surface area contributed by atoms with Gasteiger partial charge in [0.2, 0.25) is 11.8 Å². The average Bonchev–Trinajstić information content (AvgIpc) is 2.89. The van der Waals surface area contributed by atoms with Crippen LogP contribution in [0.5, 0.6) is 0 Å². The maximum absolute atomic E-state index is 14.0. The highest BCUT2D eigenvalue weighted by atomic mass is 32.2. The van der Waals surface area contributed by atoms with Gasteiger partial charge in [-0.2, -0.15) is 0 Å². The molecule has 1 unspecified atom stereocenters. The molecule has 1 N–H and O–H groups in total. The van der Waals surface area contributed by atoms with Gasteiger partial charge in [0, 0.05) is 12.1 Å². The Morgan fingerprint density at radius 2 is 1.46 bits per heavy atom. The second-order valence-corrected chi connectivity index (χ2v) is 12.6. The maximum atomic E-state index is 14.0. The van der Waals surface area contributed by atoms with Crippen molar-refractivity contribution in [2.75, 3.05) is 17.4 Å². The summed E-state index contributed by atoms with van der Waals surface area (Å²) in [5.74, 6) is -0.754. The van der Waals surface area contributed by atoms with E-state index >= 15 is 0 Å². The van der Waals surface area contributed by atoms with E-state index in [-0.39, 0.29) is 17.3 Å². The van der Waals surface area contributed by atoms with E-state index < -0.39 is 34.1 Å². The maximum Gasteiger partial charge on any atom is 0.264 e. The Labute approximate surface area is 232 Å². The third kappa shape index (κ3) is 7.69. The lowest BCUT2D eigenvalue weighted by Gasteiger charge is -2.34. The van der Waals surface area contributed by atoms with Crippen LogP contribution in [0.25, 0.3) is 0 Å². The van der Waals surface area contributed by atoms with Gasteiger partial charge in [0.1, 0.15) is 12.6 Å². The molecule has 8 heteroatoms. The molecular weight excluding hydrogens is 510 g/mol. The highest BCUT2D eigenvalue weighted by Crippen LogP contribution is 2.29. The first-order chi connectivity index (χ1) is 18.3. The van der Waals surface area contributed by atoms with Crippen LogP contribution in [0.4, 0.5) is 5.69 Å². The van der Waals surface area contributed by atoms with Crippen molar-refractivity contribution in [3.05, 3.63) is 95.6 Å². The van der Waals surface area contributed by atoms with Crippen LogP contribution in [0, 0.1) is 13.8 Å². The molecule has 0 radical (unpaired) electrons. The molecule has 7 nitrogen and oxygen atoms in total. The minimum atomic E-state index is -4.08. The van der Waals surface area contributed by atoms with Crippen molar-refractivity contribution < 1.29 is 18.0 Å². The molecule has 0 spiro atoms. The number of carbonyl (C=O) groups is 2. The molecule has 3 aromatic carbocycles. The van der Waals surface area contributed by atoms with E-state index in [9.17, 15) is 18.0 Å². The lowest BCUT2D eigenvalue weighted by atomic mass is 10.1. The Balaban J connectivity index is 2.01. The van der Waals surface area contributed by atoms with Crippen molar-refractivity contribution in [2.45, 2.75) is 64.4 Å². The first-order valence-corrected chi connectivity index (χ1v) is 14.5. The molecule has 2 amide bonds. The van der Waals surface area contributed by atoms with Gasteiger partial charge in [-0.15, -0.1) is 0 Å². The summed E-state index contributed by atoms with van der Waals surface area (Å²) in [6.07, 6.45) is 0.522. The number of nitrogens with zero attached hydrogens (tertiary/aromatic N) is 2. The Kier molecular flexibility index (Phi) is 9.56. The molecule has 0 aliphatic heterocycles. The van der Waals surface area contributed by atoms with Gasteiger partial charge in [-0.3, -0.25) is 13.9 Å². The standard InChI is InChI=1S/C31H39N3O4S/c1-23-14-13-19-28(24(23)2)34(39(37,38)27-17-11-8-12-18-27)22-29(35)33(21-20-26-15-9-7-10-16-26)25(3)30(36)32-31(4,5)6/h7-19,25H,20-22H2,1-6H3,(H,32,36). The molecule has 3 rings (SSSR count). The summed E-state index contributed by atoms with van der Waals surface area (Å²) in [7, 11) is -4.08. The minimum absolute atomic E-state index is 0.0908. The molecule has 0 saturated heterocycles. The normalized spacial score (nSPS) is 12.5. The van der Waals surface area contributed by atoms with E-state index in [1.54, 1.807) is 37.3 Å². The van der Waals surface area contributed by atoms with Gasteiger partial charge in [0.15, 0.2) is 0 Å². The molecule has 0 bridgehead atoms. The zero-order chi connectivity index (χ0) is 28.8. The number of anilines is 1. The number of rotatable bonds is 10. The lowest BCUT2D eigenvalue weighted by molar-refractivity contribution is -0.139. The van der Waals surface area contributed by atoms with Crippen LogP contribution in [-0.4, -0.2) is 49.8 Å². The van der Waals surface area contributed by atoms with Crippen LogP contribution < -0.4 is 9.62 Å². The monoisotopic (exact) mass is 549 g/mol. The molecule has 0 aliphatic carbocycles. The molecule has 0 aliphatic rings. The van der Waals surface area contributed by atoms with Crippen molar-refractivity contribution in [1.82, 2.24) is 10.2 Å². The van der Waals surface area contributed by atoms with Gasteiger partial charge < -0.3 is 10.2 Å². The topological polar surface area (TPSA) is 86.8 Å². The first-order valence-electron chi connectivity index (χ1n) is 13.1. The van der Waals surface area contributed by atoms with Gasteiger partial charge in [-0.25, -0.2) is 8.42 Å². The third-order valence-electron chi connectivity index (χ3n) is 6.60. The van der Waals surface area contributed by atoms with Crippen molar-refractivity contribution >= 4 is 27.5 Å². The number of hydrogen-bond acceptors (Lipinski definition) is 4. The summed E-state index contributed by atoms with van der Waals surface area (Å²) in [5, 5.41) is 2.95. The molecule has 0 fully saturated rings. The van der Waals surface area contributed by atoms with E-state index in [1.807, 2.05) is 71.0 Å². The number of sulfonamides is 1. The largest absolute Gasteiger partial charge is 0.350 e. The van der Waals surface area contributed by atoms with Gasteiger partial charge >= 0.3 is 0 Å². The summed E-state index contributed by atoms with van der Waals surface area (Å²) in [6.45, 7) is 10.9. The molecule has 208 valence electrons. The van der Waals surface area contributed by atoms with E-state index in [2.05, 4.69) is 5.32 Å². The molecule has 0 heterocycles. The molecule has 0 saturated carbocycles. The second-order valence-electron chi connectivity index (χ2n) is 10.8. The summed E-state index contributed by atoms with van der Waals surface area (Å²) < 4.78 is 29.0. The highest BCUT2D eigenvalue weighted by Gasteiger charge is 2.33. The number of hydrogen-bond donors (Lipinski definition) is 1. The molecule has 3 aromatic rings. The minimum Gasteiger partial charge on any atom is -0.350 e. The van der Waals surface area contributed by atoms with E-state index in [0.717, 1.165) is 21.0 Å². The van der Waals surface area contributed by atoms with Crippen LogP contribution in [0.3, 0.4) is 0 Å². The Morgan fingerprint density at radius 1 is 0.872 bits per heavy atom. The summed E-state index contributed by atoms with van der Waals surface area (Å²) >= 11 is 0. The predicted molar refractivity (Wildman–Crippen MR) is 156 cm³/mol. The average molecular weight is 550 g/mol. The summed E-state index contributed by atoms with van der Waals surface area (Å²) in [6, 6.07) is 22.4. The number of benzene rings is 3. The smallest absolute Gasteiger partial charge is 0.264 e. The van der Waals surface area contributed by atoms with Gasteiger partial charge in [0.05, 0.1) is 10.6 Å². The fraction of sp³-hybridized carbons (Fsp3) is 0.355. The van der Waals surface area contributed by atoms with E-state index in [1.165, 1.54) is 17.0 Å². The van der Waals surface area contributed by atoms with Crippen LogP contribution in [0.2, 0.25) is 0 Å². The van der Waals surface area contributed by atoms with Gasteiger partial charge in [-0.05, 0) is 82.9 Å². The van der Waals surface area contributed by atoms with Gasteiger partial charge in [-0.1, -0.05) is 60.7 Å². The number of aryl methyl sites for hydroxylation is 1. The third-order valence-corrected chi connectivity index (χ3v) is 8.38. The quantitative estimate of drug-likeness (QED) is 0.391. The van der Waals surface area contributed by atoms with Gasteiger partial charge in [0.25, 0.3) is 10.0 Å². The summed E-state index contributed by atoms with van der Waals surface area (Å²) in [4.78, 5) is 28.7. The van der Waals surface area contributed by atoms with Crippen LogP contribution >= 0.6 is 0 Å². The van der Waals surface area contributed by atoms with E-state index in [0.29, 0.717) is 12.1 Å². The fourth-order valence-electron chi connectivity index (χ4n) is 4.28. The molecule has 0 aromatic heterocycles. The Morgan fingerprint density at radius 3 is 2.05 bits per heavy atom. The Hall–Kier alpha value is -3.65. The zero-order valence-corrected chi connectivity index (χ0v) is 24.5. The SMILES string of the molecule is Cc1cccc(N(CC(=O)N(CCc2ccccc2)C(C)C(=O)NC(C)(C)C)S(=O)(=O)c2ccccc2)c1C. The molecule has 1 atom stereocenters. The fourth-order valence-corrected chi connectivity index (χ4v) is 5.78. The molecule has 39 heavy (non-hydrogen) atoms. The van der Waals surface area contributed by atoms with E-state index in [4.69, 9.17) is 0 Å². The van der Waals surface area contributed by atoms with Crippen LogP contribution in [0.15, 0.2) is 83.8 Å². The zero-order valence-electron chi connectivity index (χ0n) is 23.6. The van der Waals surface area contributed by atoms with Crippen molar-refractivity contribution in [2.24, 2.45) is 0 Å². The lowest BCUT2D eigenvalue weighted by Crippen LogP contribution is -2.55. The van der Waals surface area contributed by atoms with Crippen LogP contribution in [-0.2, 0) is 26.0 Å². The first kappa shape index (κ1) is 29.9. The number of nitrogens with one attached hydrogen (secondary N) is 1. The van der Waals surface area contributed by atoms with Crippen molar-refractivity contribution in [3.63, 3.8) is 0 Å². The highest BCUT2D eigenvalue weighted by molar-refractivity contribution is 7.92. The molecular formula is C31H39N3O4S. The Bertz CT molecular complexity index is 1380. The van der Waals surface area contributed by atoms with Crippen molar-refractivity contribution in [3.8, 4) is 0 Å². The number of amides is 2.